The fourth-order valence-electron chi connectivity index (χ4n) is 1.58. The van der Waals surface area contributed by atoms with Gasteiger partial charge >= 0.3 is 5.97 Å². The van der Waals surface area contributed by atoms with Gasteiger partial charge in [0, 0.05) is 11.6 Å². The molecule has 0 bridgehead atoms. The van der Waals surface area contributed by atoms with Gasteiger partial charge in [-0.25, -0.2) is 4.39 Å². The summed E-state index contributed by atoms with van der Waals surface area (Å²) in [6.07, 6.45) is 0. The number of methoxy groups -OCH3 is 1. The van der Waals surface area contributed by atoms with Gasteiger partial charge in [-0.2, -0.15) is 0 Å². The summed E-state index contributed by atoms with van der Waals surface area (Å²) >= 11 is 11.8. The van der Waals surface area contributed by atoms with Crippen molar-refractivity contribution in [3.05, 3.63) is 33.6 Å². The van der Waals surface area contributed by atoms with Crippen LogP contribution in [0.25, 0.3) is 0 Å². The summed E-state index contributed by atoms with van der Waals surface area (Å²) < 4.78 is 18.5. The summed E-state index contributed by atoms with van der Waals surface area (Å²) in [6, 6.07) is 1.54. The average Bonchev–Trinajstić information content (AvgIpc) is 2.33. The Bertz CT molecular complexity index is 477. The Morgan fingerprint density at radius 2 is 2.00 bits per heavy atom. The molecule has 0 amide bonds. The second kappa shape index (κ2) is 5.43. The number of carbonyl (C=O) groups is 1. The van der Waals surface area contributed by atoms with Crippen LogP contribution < -0.4 is 5.73 Å². The fourth-order valence-corrected chi connectivity index (χ4v) is 2.01. The molecule has 0 saturated carbocycles. The van der Waals surface area contributed by atoms with E-state index in [1.807, 2.05) is 0 Å². The number of hydrogen-bond acceptors (Lipinski definition) is 3. The Hall–Kier alpha value is -0.840. The molecular weight excluding hydrogens is 280 g/mol. The number of rotatable bonds is 3. The molecule has 0 radical (unpaired) electrons. The van der Waals surface area contributed by atoms with Crippen LogP contribution in [-0.2, 0) is 9.53 Å². The molecular formula is C12H14Cl2FNO2. The summed E-state index contributed by atoms with van der Waals surface area (Å²) in [5.74, 6) is -1.15. The molecule has 1 aromatic rings. The first-order valence-electron chi connectivity index (χ1n) is 5.20. The molecule has 0 aliphatic rings. The van der Waals surface area contributed by atoms with Crippen LogP contribution in [0.15, 0.2) is 12.1 Å². The third kappa shape index (κ3) is 2.60. The maximum absolute atomic E-state index is 13.8. The van der Waals surface area contributed by atoms with Crippen LogP contribution in [0.1, 0.15) is 25.5 Å². The highest BCUT2D eigenvalue weighted by atomic mass is 35.5. The normalized spacial score (nSPS) is 13.3. The van der Waals surface area contributed by atoms with E-state index in [1.165, 1.54) is 13.2 Å². The number of nitrogens with two attached hydrogens (primary N) is 1. The Kier molecular flexibility index (Phi) is 4.59. The van der Waals surface area contributed by atoms with Crippen LogP contribution in [0.2, 0.25) is 10.0 Å². The molecule has 1 rings (SSSR count). The minimum absolute atomic E-state index is 0.0135. The highest BCUT2D eigenvalue weighted by Gasteiger charge is 2.39. The van der Waals surface area contributed by atoms with Crippen molar-refractivity contribution in [3.63, 3.8) is 0 Å². The van der Waals surface area contributed by atoms with Gasteiger partial charge in [0.1, 0.15) is 5.82 Å². The Balaban J connectivity index is 3.31. The van der Waals surface area contributed by atoms with E-state index < -0.39 is 23.2 Å². The van der Waals surface area contributed by atoms with Crippen molar-refractivity contribution < 1.29 is 13.9 Å². The van der Waals surface area contributed by atoms with Gasteiger partial charge in [0.25, 0.3) is 0 Å². The minimum Gasteiger partial charge on any atom is -0.469 e. The van der Waals surface area contributed by atoms with Gasteiger partial charge in [0.2, 0.25) is 0 Å². The molecule has 1 aromatic carbocycles. The molecule has 2 N–H and O–H groups in total. The Labute approximate surface area is 115 Å². The minimum atomic E-state index is -1.12. The molecule has 0 spiro atoms. The lowest BCUT2D eigenvalue weighted by Crippen LogP contribution is -2.38. The molecule has 0 aromatic heterocycles. The summed E-state index contributed by atoms with van der Waals surface area (Å²) in [7, 11) is 1.24. The fraction of sp³-hybridized carbons (Fsp3) is 0.417. The van der Waals surface area contributed by atoms with E-state index in [9.17, 15) is 9.18 Å². The second-order valence-corrected chi connectivity index (χ2v) is 5.23. The second-order valence-electron chi connectivity index (χ2n) is 4.45. The van der Waals surface area contributed by atoms with Crippen molar-refractivity contribution in [1.82, 2.24) is 0 Å². The highest BCUT2D eigenvalue weighted by molar-refractivity contribution is 6.42. The van der Waals surface area contributed by atoms with E-state index in [0.717, 1.165) is 6.07 Å². The summed E-state index contributed by atoms with van der Waals surface area (Å²) in [5, 5.41) is 0.199. The predicted molar refractivity (Wildman–Crippen MR) is 69.1 cm³/mol. The smallest absolute Gasteiger partial charge is 0.313 e. The van der Waals surface area contributed by atoms with Gasteiger partial charge in [-0.3, -0.25) is 4.79 Å². The van der Waals surface area contributed by atoms with Crippen LogP contribution in [-0.4, -0.2) is 13.1 Å². The van der Waals surface area contributed by atoms with Crippen molar-refractivity contribution in [1.29, 1.82) is 0 Å². The van der Waals surface area contributed by atoms with E-state index in [1.54, 1.807) is 13.8 Å². The maximum Gasteiger partial charge on any atom is 0.313 e. The van der Waals surface area contributed by atoms with Gasteiger partial charge in [0.05, 0.1) is 22.6 Å². The number of esters is 1. The Morgan fingerprint density at radius 3 is 2.50 bits per heavy atom. The van der Waals surface area contributed by atoms with Crippen LogP contribution in [0.3, 0.4) is 0 Å². The SMILES string of the molecule is COC(=O)C(C)(C)[C@H](N)c1c(F)ccc(Cl)c1Cl. The zero-order valence-electron chi connectivity index (χ0n) is 10.3. The molecule has 0 fully saturated rings. The third-order valence-electron chi connectivity index (χ3n) is 2.88. The van der Waals surface area contributed by atoms with Crippen LogP contribution in [0, 0.1) is 11.2 Å². The topological polar surface area (TPSA) is 52.3 Å². The van der Waals surface area contributed by atoms with E-state index in [-0.39, 0.29) is 15.6 Å². The number of benzene rings is 1. The van der Waals surface area contributed by atoms with Crippen molar-refractivity contribution in [3.8, 4) is 0 Å². The molecule has 100 valence electrons. The Morgan fingerprint density at radius 1 is 1.44 bits per heavy atom. The quantitative estimate of drug-likeness (QED) is 0.687. The number of halogens is 3. The van der Waals surface area contributed by atoms with Gasteiger partial charge in [-0.1, -0.05) is 23.2 Å². The van der Waals surface area contributed by atoms with E-state index in [4.69, 9.17) is 28.9 Å². The van der Waals surface area contributed by atoms with Crippen molar-refractivity contribution in [2.24, 2.45) is 11.1 Å². The van der Waals surface area contributed by atoms with E-state index in [0.29, 0.717) is 0 Å². The lowest BCUT2D eigenvalue weighted by atomic mass is 9.81. The largest absolute Gasteiger partial charge is 0.469 e. The maximum atomic E-state index is 13.8. The molecule has 0 heterocycles. The first kappa shape index (κ1) is 15.2. The predicted octanol–water partition coefficient (Wildman–Crippen LogP) is 3.33. The third-order valence-corrected chi connectivity index (χ3v) is 3.70. The molecule has 6 heteroatoms. The highest BCUT2D eigenvalue weighted by Crippen LogP contribution is 2.39. The summed E-state index contributed by atoms with van der Waals surface area (Å²) in [5.41, 5.74) is 4.83. The molecule has 0 saturated heterocycles. The molecule has 0 aliphatic heterocycles. The lowest BCUT2D eigenvalue weighted by molar-refractivity contribution is -0.152. The van der Waals surface area contributed by atoms with Crippen molar-refractivity contribution in [2.75, 3.05) is 7.11 Å². The van der Waals surface area contributed by atoms with E-state index in [2.05, 4.69) is 4.74 Å². The monoisotopic (exact) mass is 293 g/mol. The first-order chi connectivity index (χ1) is 8.23. The zero-order valence-corrected chi connectivity index (χ0v) is 11.8. The van der Waals surface area contributed by atoms with Gasteiger partial charge in [0.15, 0.2) is 0 Å². The van der Waals surface area contributed by atoms with Crippen LogP contribution in [0.5, 0.6) is 0 Å². The standard InChI is InChI=1S/C12H14Cl2FNO2/c1-12(2,11(17)18-3)10(16)8-7(15)5-4-6(13)9(8)14/h4-5,10H,16H2,1-3H3/t10-/m1/s1. The van der Waals surface area contributed by atoms with Crippen LogP contribution >= 0.6 is 23.2 Å². The molecule has 1 atom stereocenters. The molecule has 18 heavy (non-hydrogen) atoms. The van der Waals surface area contributed by atoms with Crippen LogP contribution in [0.4, 0.5) is 4.39 Å². The first-order valence-corrected chi connectivity index (χ1v) is 5.96. The van der Waals surface area contributed by atoms with Gasteiger partial charge in [-0.05, 0) is 26.0 Å². The number of hydrogen-bond donors (Lipinski definition) is 1. The van der Waals surface area contributed by atoms with E-state index >= 15 is 0 Å². The average molecular weight is 294 g/mol. The summed E-state index contributed by atoms with van der Waals surface area (Å²) in [4.78, 5) is 11.7. The summed E-state index contributed by atoms with van der Waals surface area (Å²) in [6.45, 7) is 3.11. The molecule has 0 unspecified atom stereocenters. The zero-order chi connectivity index (χ0) is 14.1. The van der Waals surface area contributed by atoms with Crippen molar-refractivity contribution in [2.45, 2.75) is 19.9 Å². The number of carbonyl (C=O) groups excluding carboxylic acids is 1. The van der Waals surface area contributed by atoms with Gasteiger partial charge < -0.3 is 10.5 Å². The molecule has 3 nitrogen and oxygen atoms in total. The molecule has 0 aliphatic carbocycles. The number of ether oxygens (including phenoxy) is 1. The lowest BCUT2D eigenvalue weighted by Gasteiger charge is -2.29. The van der Waals surface area contributed by atoms with Gasteiger partial charge in [-0.15, -0.1) is 0 Å². The van der Waals surface area contributed by atoms with Crippen molar-refractivity contribution >= 4 is 29.2 Å².